The third kappa shape index (κ3) is 14.7. The number of alkyl halides is 5. The largest absolute Gasteiger partial charge is 0.462 e. The van der Waals surface area contributed by atoms with Crippen molar-refractivity contribution in [3.05, 3.63) is 35.4 Å². The Morgan fingerprint density at radius 3 is 1.29 bits per heavy atom. The van der Waals surface area contributed by atoms with E-state index in [1.165, 1.54) is 89.2 Å². The summed E-state index contributed by atoms with van der Waals surface area (Å²) in [5.74, 6) is -7.09. The highest BCUT2D eigenvalue weighted by atomic mass is 19.4. The maximum Gasteiger partial charge on any atom is 0.456 e. The van der Waals surface area contributed by atoms with Crippen molar-refractivity contribution < 1.29 is 41.0 Å². The smallest absolute Gasteiger partial charge is 0.456 e. The van der Waals surface area contributed by atoms with Crippen LogP contribution in [0.2, 0.25) is 0 Å². The fraction of sp³-hybridized carbons (Fsp3) is 0.724. The van der Waals surface area contributed by atoms with Crippen LogP contribution < -0.4 is 0 Å². The first-order valence-corrected chi connectivity index (χ1v) is 14.0. The van der Waals surface area contributed by atoms with Crippen LogP contribution in [-0.4, -0.2) is 37.3 Å². The van der Waals surface area contributed by atoms with E-state index in [2.05, 4.69) is 11.7 Å². The second-order valence-corrected chi connectivity index (χ2v) is 9.79. The molecule has 218 valence electrons. The van der Waals surface area contributed by atoms with Crippen LogP contribution in [0.1, 0.15) is 130 Å². The quantitative estimate of drug-likeness (QED) is 0.0869. The Kier molecular flexibility index (Phi) is 16.9. The minimum Gasteiger partial charge on any atom is -0.462 e. The standard InChI is InChI=1S/C29H43F5O4/c1-2-3-4-5-6-7-8-9-10-11-12-13-14-15-16-17-22-37-26(35)24-18-20-25(21-19-24)27(36)38-23-28(30,31)29(32,33)34/h18-21H,2-17,22-23H2,1H3. The molecule has 0 saturated heterocycles. The van der Waals surface area contributed by atoms with Crippen molar-refractivity contribution in [2.75, 3.05) is 13.2 Å². The maximum atomic E-state index is 12.9. The second kappa shape index (κ2) is 19.0. The van der Waals surface area contributed by atoms with Gasteiger partial charge >= 0.3 is 24.0 Å². The molecule has 0 heterocycles. The van der Waals surface area contributed by atoms with Crippen LogP contribution in [0.3, 0.4) is 0 Å². The fourth-order valence-corrected chi connectivity index (χ4v) is 3.96. The Bertz CT molecular complexity index is 778. The van der Waals surface area contributed by atoms with Gasteiger partial charge in [0.1, 0.15) is 0 Å². The zero-order chi connectivity index (χ0) is 28.3. The number of carbonyl (C=O) groups is 2. The lowest BCUT2D eigenvalue weighted by molar-refractivity contribution is -0.292. The lowest BCUT2D eigenvalue weighted by atomic mass is 10.0. The molecule has 0 saturated carbocycles. The van der Waals surface area contributed by atoms with Crippen molar-refractivity contribution >= 4 is 11.9 Å². The Labute approximate surface area is 223 Å². The number of carbonyl (C=O) groups excluding carboxylic acids is 2. The summed E-state index contributed by atoms with van der Waals surface area (Å²) in [6.45, 7) is 0.386. The molecule has 0 aromatic heterocycles. The normalized spacial score (nSPS) is 11.9. The molecule has 38 heavy (non-hydrogen) atoms. The molecule has 0 spiro atoms. The van der Waals surface area contributed by atoms with Gasteiger partial charge in [-0.05, 0) is 30.7 Å². The molecule has 0 bridgehead atoms. The van der Waals surface area contributed by atoms with E-state index in [0.717, 1.165) is 37.8 Å². The molecule has 0 aliphatic carbocycles. The van der Waals surface area contributed by atoms with Gasteiger partial charge in [-0.1, -0.05) is 103 Å². The molecule has 1 rings (SSSR count). The second-order valence-electron chi connectivity index (χ2n) is 9.79. The van der Waals surface area contributed by atoms with Crippen LogP contribution in [0.4, 0.5) is 22.0 Å². The molecular formula is C29H43F5O4. The number of ether oxygens (including phenoxy) is 2. The topological polar surface area (TPSA) is 52.6 Å². The van der Waals surface area contributed by atoms with Crippen LogP contribution in [0, 0.1) is 0 Å². The summed E-state index contributed by atoms with van der Waals surface area (Å²) < 4.78 is 71.4. The minimum absolute atomic E-state index is 0.138. The van der Waals surface area contributed by atoms with Gasteiger partial charge in [0.05, 0.1) is 17.7 Å². The molecule has 1 aromatic rings. The first-order valence-electron chi connectivity index (χ1n) is 14.0. The van der Waals surface area contributed by atoms with Crippen LogP contribution in [0.5, 0.6) is 0 Å². The number of halogens is 5. The summed E-state index contributed by atoms with van der Waals surface area (Å²) in [4.78, 5) is 23.8. The fourth-order valence-electron chi connectivity index (χ4n) is 3.96. The molecule has 0 fully saturated rings. The van der Waals surface area contributed by atoms with Crippen molar-refractivity contribution in [2.24, 2.45) is 0 Å². The van der Waals surface area contributed by atoms with E-state index in [1.807, 2.05) is 0 Å². The van der Waals surface area contributed by atoms with E-state index < -0.39 is 30.6 Å². The molecule has 0 radical (unpaired) electrons. The van der Waals surface area contributed by atoms with Gasteiger partial charge in [-0.15, -0.1) is 0 Å². The summed E-state index contributed by atoms with van der Waals surface area (Å²) in [6, 6.07) is 4.68. The molecule has 0 N–H and O–H groups in total. The molecule has 0 aliphatic heterocycles. The van der Waals surface area contributed by atoms with Gasteiger partial charge in [-0.25, -0.2) is 9.59 Å². The number of esters is 2. The van der Waals surface area contributed by atoms with E-state index in [9.17, 15) is 31.5 Å². The monoisotopic (exact) mass is 550 g/mol. The van der Waals surface area contributed by atoms with Gasteiger partial charge < -0.3 is 9.47 Å². The average molecular weight is 551 g/mol. The zero-order valence-corrected chi connectivity index (χ0v) is 22.6. The van der Waals surface area contributed by atoms with E-state index in [0.29, 0.717) is 0 Å². The van der Waals surface area contributed by atoms with E-state index in [-0.39, 0.29) is 17.7 Å². The zero-order valence-electron chi connectivity index (χ0n) is 22.6. The first kappa shape index (κ1) is 33.8. The van der Waals surface area contributed by atoms with Gasteiger partial charge in [-0.2, -0.15) is 22.0 Å². The highest BCUT2D eigenvalue weighted by Gasteiger charge is 2.58. The summed E-state index contributed by atoms with van der Waals surface area (Å²) in [6.07, 6.45) is 14.1. The molecule has 0 aliphatic rings. The molecule has 0 unspecified atom stereocenters. The van der Waals surface area contributed by atoms with E-state index >= 15 is 0 Å². The lowest BCUT2D eigenvalue weighted by Crippen LogP contribution is -2.41. The Morgan fingerprint density at radius 1 is 0.579 bits per heavy atom. The highest BCUT2D eigenvalue weighted by molar-refractivity contribution is 5.93. The molecule has 1 aromatic carbocycles. The minimum atomic E-state index is -5.81. The lowest BCUT2D eigenvalue weighted by Gasteiger charge is -2.19. The van der Waals surface area contributed by atoms with E-state index in [1.54, 1.807) is 0 Å². The number of rotatable bonds is 21. The van der Waals surface area contributed by atoms with Crippen LogP contribution in [-0.2, 0) is 9.47 Å². The predicted octanol–water partition coefficient (Wildman–Crippen LogP) is 9.46. The number of unbranched alkanes of at least 4 members (excludes halogenated alkanes) is 15. The van der Waals surface area contributed by atoms with Gasteiger partial charge in [0.25, 0.3) is 0 Å². The summed E-state index contributed by atoms with van der Waals surface area (Å²) in [5, 5.41) is 0. The van der Waals surface area contributed by atoms with Crippen molar-refractivity contribution in [3.8, 4) is 0 Å². The van der Waals surface area contributed by atoms with Gasteiger partial charge in [0, 0.05) is 0 Å². The number of hydrogen-bond donors (Lipinski definition) is 0. The Balaban J connectivity index is 2.06. The van der Waals surface area contributed by atoms with Crippen molar-refractivity contribution in [1.29, 1.82) is 0 Å². The number of benzene rings is 1. The summed E-state index contributed by atoms with van der Waals surface area (Å²) in [5.41, 5.74) is -0.115. The van der Waals surface area contributed by atoms with Crippen LogP contribution in [0.25, 0.3) is 0 Å². The Morgan fingerprint density at radius 2 is 0.921 bits per heavy atom. The molecule has 0 amide bonds. The van der Waals surface area contributed by atoms with Gasteiger partial charge in [-0.3, -0.25) is 0 Å². The molecule has 4 nitrogen and oxygen atoms in total. The van der Waals surface area contributed by atoms with Crippen LogP contribution >= 0.6 is 0 Å². The van der Waals surface area contributed by atoms with Crippen molar-refractivity contribution in [3.63, 3.8) is 0 Å². The maximum absolute atomic E-state index is 12.9. The van der Waals surface area contributed by atoms with Crippen molar-refractivity contribution in [2.45, 2.75) is 122 Å². The summed E-state index contributed by atoms with van der Waals surface area (Å²) in [7, 11) is 0. The SMILES string of the molecule is CCCCCCCCCCCCCCCCCCOC(=O)c1ccc(C(=O)OCC(F)(F)C(F)(F)F)cc1. The molecular weight excluding hydrogens is 507 g/mol. The highest BCUT2D eigenvalue weighted by Crippen LogP contribution is 2.35. The van der Waals surface area contributed by atoms with Crippen LogP contribution in [0.15, 0.2) is 24.3 Å². The third-order valence-corrected chi connectivity index (χ3v) is 6.39. The molecule has 9 heteroatoms. The number of hydrogen-bond acceptors (Lipinski definition) is 4. The third-order valence-electron chi connectivity index (χ3n) is 6.39. The molecule has 0 atom stereocenters. The van der Waals surface area contributed by atoms with Gasteiger partial charge in [0.15, 0.2) is 6.61 Å². The van der Waals surface area contributed by atoms with Gasteiger partial charge in [0.2, 0.25) is 0 Å². The summed E-state index contributed by atoms with van der Waals surface area (Å²) >= 11 is 0. The predicted molar refractivity (Wildman–Crippen MR) is 138 cm³/mol. The first-order chi connectivity index (χ1) is 18.1. The van der Waals surface area contributed by atoms with E-state index in [4.69, 9.17) is 4.74 Å². The van der Waals surface area contributed by atoms with Crippen molar-refractivity contribution in [1.82, 2.24) is 0 Å². The average Bonchev–Trinajstić information content (AvgIpc) is 2.88. The Hall–Kier alpha value is -2.19.